The molecule has 0 aliphatic heterocycles. The van der Waals surface area contributed by atoms with E-state index in [-0.39, 0.29) is 23.2 Å². The number of carbonyl (C=O) groups excluding carboxylic acids is 2. The van der Waals surface area contributed by atoms with E-state index in [9.17, 15) is 19.5 Å². The van der Waals surface area contributed by atoms with Gasteiger partial charge in [0.2, 0.25) is 0 Å². The molecule has 0 heterocycles. The van der Waals surface area contributed by atoms with Gasteiger partial charge in [-0.25, -0.2) is 14.0 Å². The Balaban J connectivity index is 1.71. The second-order valence-electron chi connectivity index (χ2n) is 12.2. The molecule has 242 valence electrons. The number of carboxylic acids is 1. The normalized spacial score (nSPS) is 11.8. The van der Waals surface area contributed by atoms with E-state index in [0.29, 0.717) is 41.2 Å². The molecule has 45 heavy (non-hydrogen) atoms. The molecule has 0 fully saturated rings. The van der Waals surface area contributed by atoms with Crippen molar-refractivity contribution in [3.05, 3.63) is 77.6 Å². The molecule has 0 aliphatic carbocycles. The average molecular weight is 619 g/mol. The van der Waals surface area contributed by atoms with E-state index in [1.54, 1.807) is 43.3 Å². The fourth-order valence-corrected chi connectivity index (χ4v) is 5.18. The van der Waals surface area contributed by atoms with Crippen LogP contribution in [0.15, 0.2) is 60.7 Å². The Morgan fingerprint density at radius 2 is 1.40 bits per heavy atom. The fourth-order valence-electron chi connectivity index (χ4n) is 5.18. The van der Waals surface area contributed by atoms with Crippen molar-refractivity contribution in [2.45, 2.75) is 104 Å². The number of halogens is 1. The van der Waals surface area contributed by atoms with Crippen LogP contribution in [-0.4, -0.2) is 29.1 Å². The van der Waals surface area contributed by atoms with Crippen molar-refractivity contribution in [1.82, 2.24) is 0 Å². The van der Waals surface area contributed by atoms with Crippen molar-refractivity contribution in [1.29, 1.82) is 0 Å². The van der Waals surface area contributed by atoms with Gasteiger partial charge in [0.25, 0.3) is 0 Å². The summed E-state index contributed by atoms with van der Waals surface area (Å²) in [6.07, 6.45) is 10.8. The zero-order chi connectivity index (χ0) is 32.8. The number of carboxylic acid groups (broad SMARTS) is 1. The van der Waals surface area contributed by atoms with Crippen LogP contribution in [0.5, 0.6) is 5.75 Å². The minimum Gasteiger partial charge on any atom is -0.478 e. The molecular formula is C38H47FO6. The van der Waals surface area contributed by atoms with E-state index in [0.717, 1.165) is 31.2 Å². The topological polar surface area (TPSA) is 89.9 Å². The highest BCUT2D eigenvalue weighted by molar-refractivity contribution is 5.95. The molecule has 0 radical (unpaired) electrons. The van der Waals surface area contributed by atoms with E-state index >= 15 is 4.39 Å². The number of rotatable bonds is 18. The van der Waals surface area contributed by atoms with Gasteiger partial charge >= 0.3 is 17.9 Å². The van der Waals surface area contributed by atoms with Gasteiger partial charge in [0.15, 0.2) is 0 Å². The third-order valence-electron chi connectivity index (χ3n) is 7.86. The smallest absolute Gasteiger partial charge is 0.341 e. The summed E-state index contributed by atoms with van der Waals surface area (Å²) in [7, 11) is 0. The molecule has 3 aromatic rings. The van der Waals surface area contributed by atoms with Gasteiger partial charge in [0.05, 0.1) is 17.2 Å². The lowest BCUT2D eigenvalue weighted by atomic mass is 9.92. The zero-order valence-corrected chi connectivity index (χ0v) is 27.1. The van der Waals surface area contributed by atoms with Crippen molar-refractivity contribution in [2.75, 3.05) is 0 Å². The Labute approximate surface area is 267 Å². The summed E-state index contributed by atoms with van der Waals surface area (Å²) >= 11 is 0. The maximum Gasteiger partial charge on any atom is 0.341 e. The maximum atomic E-state index is 15.2. The molecule has 0 bridgehead atoms. The molecule has 0 spiro atoms. The molecule has 0 saturated carbocycles. The summed E-state index contributed by atoms with van der Waals surface area (Å²) < 4.78 is 26.2. The molecule has 0 saturated heterocycles. The molecule has 0 aromatic heterocycles. The highest BCUT2D eigenvalue weighted by Crippen LogP contribution is 2.35. The lowest BCUT2D eigenvalue weighted by molar-refractivity contribution is -0.134. The first-order valence-corrected chi connectivity index (χ1v) is 16.3. The molecule has 3 rings (SSSR count). The highest BCUT2D eigenvalue weighted by atomic mass is 19.1. The van der Waals surface area contributed by atoms with E-state index in [2.05, 4.69) is 20.8 Å². The van der Waals surface area contributed by atoms with Crippen LogP contribution in [0.4, 0.5) is 4.39 Å². The van der Waals surface area contributed by atoms with Gasteiger partial charge in [-0.15, -0.1) is 0 Å². The van der Waals surface area contributed by atoms with Crippen LogP contribution in [0.2, 0.25) is 0 Å². The predicted octanol–water partition coefficient (Wildman–Crippen LogP) is 10.3. The van der Waals surface area contributed by atoms with Crippen LogP contribution in [0.3, 0.4) is 0 Å². The van der Waals surface area contributed by atoms with Gasteiger partial charge in [0.1, 0.15) is 11.6 Å². The standard InChI is InChI=1S/C38H47FO6/c1-5-6-7-8-9-10-11-12-13-36(40)45-31-20-16-28(17-21-31)32-22-19-30(37(41)42)24-34(32)29-18-23-33(35(39)25-29)38(43)44-27(4)15-14-26(2)3/h16-27H,5-15H2,1-4H3,(H,41,42)/t27-/m1/s1. The molecular weight excluding hydrogens is 571 g/mol. The Kier molecular flexibility index (Phi) is 14.3. The highest BCUT2D eigenvalue weighted by Gasteiger charge is 2.19. The van der Waals surface area contributed by atoms with E-state index in [1.807, 2.05) is 0 Å². The zero-order valence-electron chi connectivity index (χ0n) is 27.1. The first-order valence-electron chi connectivity index (χ1n) is 16.3. The number of hydrogen-bond donors (Lipinski definition) is 1. The number of aromatic carboxylic acids is 1. The lowest BCUT2D eigenvalue weighted by Gasteiger charge is -2.16. The molecule has 1 atom stereocenters. The number of hydrogen-bond acceptors (Lipinski definition) is 5. The van der Waals surface area contributed by atoms with Gasteiger partial charge in [-0.3, -0.25) is 4.79 Å². The summed E-state index contributed by atoms with van der Waals surface area (Å²) in [5, 5.41) is 9.62. The summed E-state index contributed by atoms with van der Waals surface area (Å²) in [5.74, 6) is -1.99. The van der Waals surface area contributed by atoms with Gasteiger partial charge < -0.3 is 14.6 Å². The SMILES string of the molecule is CCCCCCCCCCC(=O)Oc1ccc(-c2ccc(C(=O)O)cc2-c2ccc(C(=O)O[C@H](C)CCC(C)C)c(F)c2)cc1. The summed E-state index contributed by atoms with van der Waals surface area (Å²) in [6.45, 7) is 8.17. The second kappa shape index (κ2) is 18.1. The second-order valence-corrected chi connectivity index (χ2v) is 12.2. The van der Waals surface area contributed by atoms with E-state index < -0.39 is 17.8 Å². The third kappa shape index (κ3) is 11.5. The number of ether oxygens (including phenoxy) is 2. The summed E-state index contributed by atoms with van der Waals surface area (Å²) in [5.41, 5.74) is 2.16. The Morgan fingerprint density at radius 1 is 0.756 bits per heavy atom. The number of esters is 2. The largest absolute Gasteiger partial charge is 0.478 e. The average Bonchev–Trinajstić information content (AvgIpc) is 3.01. The van der Waals surface area contributed by atoms with Gasteiger partial charge in [-0.2, -0.15) is 0 Å². The molecule has 0 aliphatic rings. The van der Waals surface area contributed by atoms with Crippen LogP contribution in [-0.2, 0) is 9.53 Å². The van der Waals surface area contributed by atoms with Crippen LogP contribution in [0, 0.1) is 11.7 Å². The monoisotopic (exact) mass is 618 g/mol. The van der Waals surface area contributed by atoms with E-state index in [4.69, 9.17) is 9.47 Å². The van der Waals surface area contributed by atoms with Crippen LogP contribution >= 0.6 is 0 Å². The fraction of sp³-hybridized carbons (Fsp3) is 0.447. The Bertz CT molecular complexity index is 1410. The number of carbonyl (C=O) groups is 3. The minimum atomic E-state index is -1.11. The first-order chi connectivity index (χ1) is 21.6. The minimum absolute atomic E-state index is 0.0446. The lowest BCUT2D eigenvalue weighted by Crippen LogP contribution is -2.16. The number of benzene rings is 3. The van der Waals surface area contributed by atoms with Gasteiger partial charge in [0, 0.05) is 6.42 Å². The van der Waals surface area contributed by atoms with Crippen molar-refractivity contribution < 1.29 is 33.4 Å². The first kappa shape index (κ1) is 35.5. The van der Waals surface area contributed by atoms with Crippen LogP contribution < -0.4 is 4.74 Å². The Morgan fingerprint density at radius 3 is 2.02 bits per heavy atom. The molecule has 3 aromatic carbocycles. The van der Waals surface area contributed by atoms with Gasteiger partial charge in [-0.05, 0) is 90.8 Å². The molecule has 0 amide bonds. The predicted molar refractivity (Wildman–Crippen MR) is 176 cm³/mol. The maximum absolute atomic E-state index is 15.2. The van der Waals surface area contributed by atoms with Crippen LogP contribution in [0.1, 0.15) is 119 Å². The van der Waals surface area contributed by atoms with Crippen molar-refractivity contribution in [2.24, 2.45) is 5.92 Å². The van der Waals surface area contributed by atoms with Crippen molar-refractivity contribution in [3.8, 4) is 28.0 Å². The van der Waals surface area contributed by atoms with Crippen molar-refractivity contribution >= 4 is 17.9 Å². The summed E-state index contributed by atoms with van der Waals surface area (Å²) in [6, 6.07) is 15.7. The molecule has 6 nitrogen and oxygen atoms in total. The van der Waals surface area contributed by atoms with Gasteiger partial charge in [-0.1, -0.05) is 90.0 Å². The molecule has 7 heteroatoms. The Hall–Kier alpha value is -4.00. The number of unbranched alkanes of at least 4 members (excludes halogenated alkanes) is 7. The van der Waals surface area contributed by atoms with E-state index in [1.165, 1.54) is 56.4 Å². The third-order valence-corrected chi connectivity index (χ3v) is 7.86. The van der Waals surface area contributed by atoms with Crippen molar-refractivity contribution in [3.63, 3.8) is 0 Å². The van der Waals surface area contributed by atoms with Crippen LogP contribution in [0.25, 0.3) is 22.3 Å². The quantitative estimate of drug-likeness (QED) is 0.0867. The molecule has 0 unspecified atom stereocenters. The molecule has 1 N–H and O–H groups in total. The summed E-state index contributed by atoms with van der Waals surface area (Å²) in [4.78, 5) is 36.8.